The Morgan fingerprint density at radius 3 is 2.73 bits per heavy atom. The number of rotatable bonds is 7. The molecule has 1 amide bonds. The third-order valence-electron chi connectivity index (χ3n) is 4.97. The van der Waals surface area contributed by atoms with Crippen molar-refractivity contribution in [1.82, 2.24) is 19.3 Å². The highest BCUT2D eigenvalue weighted by Crippen LogP contribution is 2.31. The van der Waals surface area contributed by atoms with Gasteiger partial charge in [0.25, 0.3) is 5.91 Å². The molecular formula is C23H20F3N5O2. The predicted octanol–water partition coefficient (Wildman–Crippen LogP) is 4.73. The zero-order valence-electron chi connectivity index (χ0n) is 17.6. The van der Waals surface area contributed by atoms with Crippen molar-refractivity contribution in [2.45, 2.75) is 19.6 Å². The van der Waals surface area contributed by atoms with Gasteiger partial charge < -0.3 is 14.6 Å². The highest BCUT2D eigenvalue weighted by Gasteiger charge is 2.30. The van der Waals surface area contributed by atoms with Crippen LogP contribution in [0.15, 0.2) is 73.4 Å². The quantitative estimate of drug-likeness (QED) is 0.437. The number of anilines is 1. The summed E-state index contributed by atoms with van der Waals surface area (Å²) in [6, 6.07) is 11.8. The van der Waals surface area contributed by atoms with E-state index in [0.717, 1.165) is 12.1 Å². The highest BCUT2D eigenvalue weighted by atomic mass is 19.4. The summed E-state index contributed by atoms with van der Waals surface area (Å²) in [6.45, 7) is 2.58. The lowest BCUT2D eigenvalue weighted by Gasteiger charge is -2.13. The first-order valence-electron chi connectivity index (χ1n) is 10.0. The van der Waals surface area contributed by atoms with Gasteiger partial charge in [-0.2, -0.15) is 18.3 Å². The van der Waals surface area contributed by atoms with E-state index >= 15 is 0 Å². The smallest absolute Gasteiger partial charge is 0.416 e. The molecule has 4 rings (SSSR count). The van der Waals surface area contributed by atoms with E-state index in [-0.39, 0.29) is 11.3 Å². The van der Waals surface area contributed by atoms with E-state index in [0.29, 0.717) is 30.3 Å². The Kier molecular flexibility index (Phi) is 6.16. The minimum atomic E-state index is -4.47. The van der Waals surface area contributed by atoms with E-state index in [1.54, 1.807) is 43.7 Å². The zero-order valence-corrected chi connectivity index (χ0v) is 17.6. The number of benzene rings is 2. The number of alkyl halides is 3. The minimum absolute atomic E-state index is 0.213. The maximum Gasteiger partial charge on any atom is 0.416 e. The van der Waals surface area contributed by atoms with Crippen LogP contribution in [0.2, 0.25) is 0 Å². The molecule has 0 aliphatic carbocycles. The summed E-state index contributed by atoms with van der Waals surface area (Å²) in [7, 11) is 0. The molecule has 0 unspecified atom stereocenters. The first-order chi connectivity index (χ1) is 15.8. The van der Waals surface area contributed by atoms with E-state index in [4.69, 9.17) is 4.74 Å². The zero-order chi connectivity index (χ0) is 23.4. The largest absolute Gasteiger partial charge is 0.490 e. The molecule has 0 spiro atoms. The Labute approximate surface area is 187 Å². The molecule has 0 saturated heterocycles. The summed E-state index contributed by atoms with van der Waals surface area (Å²) in [4.78, 5) is 16.9. The summed E-state index contributed by atoms with van der Waals surface area (Å²) in [5.74, 6) is 0.0466. The third-order valence-corrected chi connectivity index (χ3v) is 4.97. The van der Waals surface area contributed by atoms with Crippen LogP contribution in [-0.2, 0) is 12.7 Å². The number of para-hydroxylation sites is 2. The Bertz CT molecular complexity index is 1250. The summed E-state index contributed by atoms with van der Waals surface area (Å²) in [5.41, 5.74) is 0.539. The molecule has 0 aliphatic heterocycles. The Morgan fingerprint density at radius 1 is 1.15 bits per heavy atom. The molecule has 0 bridgehead atoms. The molecular weight excluding hydrogens is 435 g/mol. The second-order valence-corrected chi connectivity index (χ2v) is 7.20. The number of hydrogen-bond acceptors (Lipinski definition) is 4. The van der Waals surface area contributed by atoms with Crippen LogP contribution >= 0.6 is 0 Å². The Morgan fingerprint density at radius 2 is 1.97 bits per heavy atom. The van der Waals surface area contributed by atoms with Crippen molar-refractivity contribution in [3.05, 3.63) is 90.3 Å². The molecule has 2 aromatic carbocycles. The van der Waals surface area contributed by atoms with Crippen molar-refractivity contribution in [3.63, 3.8) is 0 Å². The molecule has 10 heteroatoms. The molecule has 0 saturated carbocycles. The van der Waals surface area contributed by atoms with Crippen molar-refractivity contribution < 1.29 is 22.7 Å². The number of imidazole rings is 1. The van der Waals surface area contributed by atoms with Gasteiger partial charge in [-0.25, -0.2) is 9.67 Å². The van der Waals surface area contributed by atoms with Crippen molar-refractivity contribution in [3.8, 4) is 11.4 Å². The van der Waals surface area contributed by atoms with Gasteiger partial charge in [0.1, 0.15) is 12.4 Å². The number of ether oxygens (including phenoxy) is 1. The SMILES string of the molecule is Cc1c(C(=O)Nc2ccccc2OCCn2ccnc2)cnn1-c1cccc(C(F)(F)F)c1. The number of aromatic nitrogens is 4. The van der Waals surface area contributed by atoms with Gasteiger partial charge in [0.05, 0.1) is 47.3 Å². The molecule has 33 heavy (non-hydrogen) atoms. The molecule has 0 fully saturated rings. The van der Waals surface area contributed by atoms with Crippen LogP contribution in [0.5, 0.6) is 5.75 Å². The average molecular weight is 455 g/mol. The van der Waals surface area contributed by atoms with Crippen LogP contribution < -0.4 is 10.1 Å². The van der Waals surface area contributed by atoms with Crippen molar-refractivity contribution in [2.24, 2.45) is 0 Å². The number of hydrogen-bond donors (Lipinski definition) is 1. The van der Waals surface area contributed by atoms with E-state index < -0.39 is 17.6 Å². The van der Waals surface area contributed by atoms with Crippen LogP contribution in [0, 0.1) is 6.92 Å². The van der Waals surface area contributed by atoms with E-state index in [9.17, 15) is 18.0 Å². The fourth-order valence-corrected chi connectivity index (χ4v) is 3.27. The van der Waals surface area contributed by atoms with Crippen LogP contribution in [0.4, 0.5) is 18.9 Å². The second kappa shape index (κ2) is 9.19. The first-order valence-corrected chi connectivity index (χ1v) is 10.0. The number of carbonyl (C=O) groups excluding carboxylic acids is 1. The lowest BCUT2D eigenvalue weighted by atomic mass is 10.2. The summed E-state index contributed by atoms with van der Waals surface area (Å²) >= 11 is 0. The van der Waals surface area contributed by atoms with Crippen LogP contribution in [0.3, 0.4) is 0 Å². The topological polar surface area (TPSA) is 74.0 Å². The molecule has 2 heterocycles. The van der Waals surface area contributed by atoms with Crippen molar-refractivity contribution in [1.29, 1.82) is 0 Å². The molecule has 0 radical (unpaired) electrons. The summed E-state index contributed by atoms with van der Waals surface area (Å²) in [6.07, 6.45) is 2.03. The monoisotopic (exact) mass is 455 g/mol. The van der Waals surface area contributed by atoms with Crippen molar-refractivity contribution >= 4 is 11.6 Å². The number of amides is 1. The first kappa shape index (κ1) is 22.1. The molecule has 4 aromatic rings. The van der Waals surface area contributed by atoms with Gasteiger partial charge in [-0.3, -0.25) is 4.79 Å². The van der Waals surface area contributed by atoms with Gasteiger partial charge >= 0.3 is 6.18 Å². The molecule has 7 nitrogen and oxygen atoms in total. The lowest BCUT2D eigenvalue weighted by molar-refractivity contribution is -0.137. The summed E-state index contributed by atoms with van der Waals surface area (Å²) in [5, 5.41) is 6.92. The fourth-order valence-electron chi connectivity index (χ4n) is 3.27. The normalized spacial score (nSPS) is 11.4. The predicted molar refractivity (Wildman–Crippen MR) is 115 cm³/mol. The number of halogens is 3. The standard InChI is InChI=1S/C23H20F3N5O2/c1-16-19(14-28-31(16)18-6-4-5-17(13-18)23(24,25)26)22(32)29-20-7-2-3-8-21(20)33-12-11-30-10-9-27-15-30/h2-10,13-15H,11-12H2,1H3,(H,29,32). The molecule has 0 atom stereocenters. The highest BCUT2D eigenvalue weighted by molar-refractivity contribution is 6.05. The second-order valence-electron chi connectivity index (χ2n) is 7.20. The minimum Gasteiger partial charge on any atom is -0.490 e. The Hall–Kier alpha value is -4.08. The molecule has 2 aromatic heterocycles. The van der Waals surface area contributed by atoms with E-state index in [1.165, 1.54) is 23.0 Å². The van der Waals surface area contributed by atoms with Gasteiger partial charge in [0.15, 0.2) is 0 Å². The van der Waals surface area contributed by atoms with Gasteiger partial charge in [-0.05, 0) is 37.3 Å². The number of nitrogens with one attached hydrogen (secondary N) is 1. The number of nitrogens with zero attached hydrogens (tertiary/aromatic N) is 4. The van der Waals surface area contributed by atoms with Crippen LogP contribution in [0.1, 0.15) is 21.6 Å². The fraction of sp³-hybridized carbons (Fsp3) is 0.174. The van der Waals surface area contributed by atoms with E-state index in [2.05, 4.69) is 15.4 Å². The average Bonchev–Trinajstić information content (AvgIpc) is 3.44. The molecule has 0 aliphatic rings. The molecule has 170 valence electrons. The van der Waals surface area contributed by atoms with Gasteiger partial charge in [-0.15, -0.1) is 0 Å². The van der Waals surface area contributed by atoms with Crippen LogP contribution in [-0.4, -0.2) is 31.8 Å². The third kappa shape index (κ3) is 5.05. The lowest BCUT2D eigenvalue weighted by Crippen LogP contribution is -2.15. The van der Waals surface area contributed by atoms with Crippen LogP contribution in [0.25, 0.3) is 5.69 Å². The van der Waals surface area contributed by atoms with E-state index in [1.807, 2.05) is 10.8 Å². The number of carbonyl (C=O) groups is 1. The van der Waals surface area contributed by atoms with Gasteiger partial charge in [0, 0.05) is 12.4 Å². The maximum absolute atomic E-state index is 13.1. The summed E-state index contributed by atoms with van der Waals surface area (Å²) < 4.78 is 48.1. The Balaban J connectivity index is 1.50. The van der Waals surface area contributed by atoms with Gasteiger partial charge in [0.2, 0.25) is 0 Å². The molecule has 1 N–H and O–H groups in total. The maximum atomic E-state index is 13.1. The van der Waals surface area contributed by atoms with Crippen molar-refractivity contribution in [2.75, 3.05) is 11.9 Å². The van der Waals surface area contributed by atoms with Gasteiger partial charge in [-0.1, -0.05) is 18.2 Å².